The lowest BCUT2D eigenvalue weighted by Gasteiger charge is -2.38. The second kappa shape index (κ2) is 6.00. The van der Waals surface area contributed by atoms with E-state index in [-0.39, 0.29) is 12.3 Å². The smallest absolute Gasteiger partial charge is 0.213 e. The Balaban J connectivity index is 1.60. The number of ether oxygens (including phenoxy) is 1. The normalized spacial score (nSPS) is 21.3. The molecule has 0 spiro atoms. The maximum absolute atomic E-state index is 6.34. The summed E-state index contributed by atoms with van der Waals surface area (Å²) >= 11 is 5.25. The van der Waals surface area contributed by atoms with Crippen LogP contribution in [0.1, 0.15) is 34.7 Å². The van der Waals surface area contributed by atoms with Crippen LogP contribution in [0, 0.1) is 0 Å². The Kier molecular flexibility index (Phi) is 3.64. The fraction of sp³-hybridized carbons (Fsp3) is 0.150. The van der Waals surface area contributed by atoms with E-state index < -0.39 is 0 Å². The average molecular weight is 411 g/mol. The van der Waals surface area contributed by atoms with Crippen LogP contribution in [0.2, 0.25) is 0 Å². The minimum Gasteiger partial charge on any atom is -0.464 e. The second-order valence-electron chi connectivity index (χ2n) is 6.18. The van der Waals surface area contributed by atoms with Crippen molar-refractivity contribution in [2.75, 3.05) is 0 Å². The van der Waals surface area contributed by atoms with Gasteiger partial charge >= 0.3 is 0 Å². The van der Waals surface area contributed by atoms with Gasteiger partial charge in [-0.15, -0.1) is 11.3 Å². The van der Waals surface area contributed by atoms with E-state index >= 15 is 0 Å². The number of halogens is 1. The molecular weight excluding hydrogens is 396 g/mol. The van der Waals surface area contributed by atoms with Crippen molar-refractivity contribution < 1.29 is 4.74 Å². The fourth-order valence-electron chi connectivity index (χ4n) is 3.47. The summed E-state index contributed by atoms with van der Waals surface area (Å²) in [5.74, 6) is 0.958. The Morgan fingerprint density at radius 3 is 2.68 bits per heavy atom. The van der Waals surface area contributed by atoms with Gasteiger partial charge in [-0.1, -0.05) is 52.3 Å². The number of thiophene rings is 1. The van der Waals surface area contributed by atoms with Gasteiger partial charge in [0.1, 0.15) is 5.75 Å². The standard InChI is InChI=1S/C20H15BrN2OS/c21-14-9-7-13(8-10-14)20-23-17(15-4-1-2-5-18(15)24-20)12-16(22-23)19-6-3-11-25-19/h1-11,17,20H,12H2. The van der Waals surface area contributed by atoms with Crippen molar-refractivity contribution in [1.29, 1.82) is 0 Å². The average Bonchev–Trinajstić information content (AvgIpc) is 3.31. The van der Waals surface area contributed by atoms with E-state index in [4.69, 9.17) is 9.84 Å². The first-order chi connectivity index (χ1) is 12.3. The minimum absolute atomic E-state index is 0.203. The van der Waals surface area contributed by atoms with Crippen LogP contribution in [-0.2, 0) is 0 Å². The van der Waals surface area contributed by atoms with Crippen molar-refractivity contribution in [3.05, 3.63) is 86.5 Å². The van der Waals surface area contributed by atoms with E-state index in [1.807, 2.05) is 18.2 Å². The molecule has 2 aromatic carbocycles. The van der Waals surface area contributed by atoms with Gasteiger partial charge < -0.3 is 4.74 Å². The number of para-hydroxylation sites is 1. The molecule has 25 heavy (non-hydrogen) atoms. The molecule has 0 saturated heterocycles. The van der Waals surface area contributed by atoms with Gasteiger partial charge in [-0.2, -0.15) is 5.10 Å². The van der Waals surface area contributed by atoms with Gasteiger partial charge in [-0.05, 0) is 29.6 Å². The second-order valence-corrected chi connectivity index (χ2v) is 8.05. The molecule has 1 aromatic heterocycles. The van der Waals surface area contributed by atoms with Gasteiger partial charge in [0.15, 0.2) is 0 Å². The molecule has 3 nitrogen and oxygen atoms in total. The highest BCUT2D eigenvalue weighted by Gasteiger charge is 2.40. The highest BCUT2D eigenvalue weighted by atomic mass is 79.9. The van der Waals surface area contributed by atoms with Crippen LogP contribution in [0.25, 0.3) is 0 Å². The Hall–Kier alpha value is -2.11. The van der Waals surface area contributed by atoms with Crippen LogP contribution in [0.5, 0.6) is 5.75 Å². The van der Waals surface area contributed by atoms with Gasteiger partial charge in [0.25, 0.3) is 0 Å². The number of hydrogen-bond acceptors (Lipinski definition) is 4. The van der Waals surface area contributed by atoms with Gasteiger partial charge in [-0.25, -0.2) is 5.01 Å². The molecule has 5 heteroatoms. The summed E-state index contributed by atoms with van der Waals surface area (Å²) in [7, 11) is 0. The van der Waals surface area contributed by atoms with Crippen LogP contribution in [-0.4, -0.2) is 10.7 Å². The van der Waals surface area contributed by atoms with Crippen LogP contribution in [0.4, 0.5) is 0 Å². The van der Waals surface area contributed by atoms with Crippen molar-refractivity contribution in [2.45, 2.75) is 18.7 Å². The molecule has 0 bridgehead atoms. The summed E-state index contributed by atoms with van der Waals surface area (Å²) in [5, 5.41) is 9.18. The lowest BCUT2D eigenvalue weighted by molar-refractivity contribution is -0.0190. The lowest BCUT2D eigenvalue weighted by atomic mass is 9.98. The maximum Gasteiger partial charge on any atom is 0.213 e. The van der Waals surface area contributed by atoms with Gasteiger partial charge in [0.05, 0.1) is 16.6 Å². The first-order valence-electron chi connectivity index (χ1n) is 8.20. The quantitative estimate of drug-likeness (QED) is 0.536. The summed E-state index contributed by atoms with van der Waals surface area (Å²) in [6.07, 6.45) is 0.707. The number of hydrazone groups is 1. The predicted molar refractivity (Wildman–Crippen MR) is 104 cm³/mol. The zero-order valence-corrected chi connectivity index (χ0v) is 15.7. The zero-order chi connectivity index (χ0) is 16.8. The number of fused-ring (bicyclic) bond motifs is 3. The maximum atomic E-state index is 6.34. The number of hydrogen-bond donors (Lipinski definition) is 0. The van der Waals surface area contributed by atoms with Crippen LogP contribution >= 0.6 is 27.3 Å². The van der Waals surface area contributed by atoms with E-state index in [1.54, 1.807) is 11.3 Å². The molecule has 0 fully saturated rings. The van der Waals surface area contributed by atoms with E-state index in [0.717, 1.165) is 27.9 Å². The Morgan fingerprint density at radius 1 is 1.04 bits per heavy atom. The van der Waals surface area contributed by atoms with E-state index in [2.05, 4.69) is 68.8 Å². The SMILES string of the molecule is Brc1ccc(C2Oc3ccccc3C3CC(c4cccs4)=NN32)cc1. The topological polar surface area (TPSA) is 24.8 Å². The molecule has 0 radical (unpaired) electrons. The third-order valence-corrected chi connectivity index (χ3v) is 6.11. The molecule has 3 heterocycles. The Morgan fingerprint density at radius 2 is 1.88 bits per heavy atom. The number of nitrogens with zero attached hydrogens (tertiary/aromatic N) is 2. The molecule has 124 valence electrons. The Labute approximate surface area is 158 Å². The van der Waals surface area contributed by atoms with Crippen molar-refractivity contribution in [3.8, 4) is 5.75 Å². The molecule has 3 aromatic rings. The molecule has 5 rings (SSSR count). The minimum atomic E-state index is -0.203. The molecule has 2 aliphatic heterocycles. The molecule has 0 amide bonds. The number of benzene rings is 2. The monoisotopic (exact) mass is 410 g/mol. The fourth-order valence-corrected chi connectivity index (χ4v) is 4.46. The van der Waals surface area contributed by atoms with E-state index in [1.165, 1.54) is 10.4 Å². The van der Waals surface area contributed by atoms with Crippen molar-refractivity contribution in [1.82, 2.24) is 5.01 Å². The summed E-state index contributed by atoms with van der Waals surface area (Å²) in [5.41, 5.74) is 3.47. The van der Waals surface area contributed by atoms with Crippen molar-refractivity contribution in [2.24, 2.45) is 5.10 Å². The highest BCUT2D eigenvalue weighted by Crippen LogP contribution is 2.47. The van der Waals surface area contributed by atoms with E-state index in [9.17, 15) is 0 Å². The van der Waals surface area contributed by atoms with Gasteiger partial charge in [0.2, 0.25) is 6.23 Å². The van der Waals surface area contributed by atoms with Crippen LogP contribution < -0.4 is 4.74 Å². The molecule has 0 saturated carbocycles. The molecule has 2 unspecified atom stereocenters. The van der Waals surface area contributed by atoms with E-state index in [0.29, 0.717) is 0 Å². The van der Waals surface area contributed by atoms with Gasteiger partial charge in [-0.3, -0.25) is 0 Å². The van der Waals surface area contributed by atoms with Crippen molar-refractivity contribution >= 4 is 33.0 Å². The Bertz CT molecular complexity index is 937. The third kappa shape index (κ3) is 2.58. The third-order valence-electron chi connectivity index (χ3n) is 4.66. The predicted octanol–water partition coefficient (Wildman–Crippen LogP) is 5.75. The zero-order valence-electron chi connectivity index (χ0n) is 13.3. The first kappa shape index (κ1) is 15.2. The summed E-state index contributed by atoms with van der Waals surface area (Å²) in [4.78, 5) is 1.24. The molecule has 0 aliphatic carbocycles. The summed E-state index contributed by atoms with van der Waals surface area (Å²) < 4.78 is 7.41. The highest BCUT2D eigenvalue weighted by molar-refractivity contribution is 9.10. The molecule has 2 aliphatic rings. The number of rotatable bonds is 2. The first-order valence-corrected chi connectivity index (χ1v) is 9.87. The summed E-state index contributed by atoms with van der Waals surface area (Å²) in [6.45, 7) is 0. The van der Waals surface area contributed by atoms with Gasteiger partial charge in [0, 0.05) is 22.0 Å². The molecule has 2 atom stereocenters. The molecular formula is C20H15BrN2OS. The van der Waals surface area contributed by atoms with Crippen LogP contribution in [0.3, 0.4) is 0 Å². The summed E-state index contributed by atoms with van der Waals surface area (Å²) in [6, 6.07) is 21.0. The van der Waals surface area contributed by atoms with Crippen molar-refractivity contribution in [3.63, 3.8) is 0 Å². The van der Waals surface area contributed by atoms with Crippen LogP contribution in [0.15, 0.2) is 75.6 Å². The largest absolute Gasteiger partial charge is 0.464 e. The lowest BCUT2D eigenvalue weighted by Crippen LogP contribution is -2.33. The molecule has 0 N–H and O–H groups in total.